The maximum atomic E-state index is 3.92. The normalized spacial score (nSPS) is 12.6. The van der Waals surface area contributed by atoms with Crippen molar-refractivity contribution < 1.29 is 0 Å². The average Bonchev–Trinajstić information content (AvgIpc) is 2.53. The smallest absolute Gasteiger partial charge is 0.152 e. The number of anilines is 1. The summed E-state index contributed by atoms with van der Waals surface area (Å²) in [6.45, 7) is 4.87. The average molecular weight is 166 g/mol. The van der Waals surface area contributed by atoms with E-state index in [0.29, 0.717) is 0 Å². The van der Waals surface area contributed by atoms with E-state index < -0.39 is 0 Å². The molecule has 0 aliphatic carbocycles. The Bertz CT molecular complexity index is 275. The van der Waals surface area contributed by atoms with Gasteiger partial charge in [0.2, 0.25) is 0 Å². The molecule has 0 bridgehead atoms. The first kappa shape index (κ1) is 8.77. The van der Waals surface area contributed by atoms with Crippen LogP contribution in [0.3, 0.4) is 0 Å². The van der Waals surface area contributed by atoms with E-state index in [2.05, 4.69) is 15.6 Å². The third-order valence-corrected chi connectivity index (χ3v) is 1.52. The highest BCUT2D eigenvalue weighted by atomic mass is 15.4. The van der Waals surface area contributed by atoms with Crippen molar-refractivity contribution in [1.29, 1.82) is 0 Å². The van der Waals surface area contributed by atoms with Crippen molar-refractivity contribution in [1.82, 2.24) is 15.0 Å². The van der Waals surface area contributed by atoms with Gasteiger partial charge in [-0.05, 0) is 6.08 Å². The van der Waals surface area contributed by atoms with E-state index in [0.717, 1.165) is 18.1 Å². The van der Waals surface area contributed by atoms with Crippen LogP contribution < -0.4 is 5.32 Å². The van der Waals surface area contributed by atoms with Gasteiger partial charge in [-0.15, -0.1) is 5.10 Å². The second kappa shape index (κ2) is 3.90. The molecule has 1 N–H and O–H groups in total. The molecule has 4 heteroatoms. The monoisotopic (exact) mass is 166 g/mol. The fraction of sp³-hybridized carbons (Fsp3) is 0.500. The van der Waals surface area contributed by atoms with Crippen LogP contribution in [0.1, 0.15) is 19.5 Å². The molecule has 0 saturated heterocycles. The molecule has 0 unspecified atom stereocenters. The lowest BCUT2D eigenvalue weighted by molar-refractivity contribution is 0.719. The predicted molar refractivity (Wildman–Crippen MR) is 49.9 cm³/mol. The van der Waals surface area contributed by atoms with Gasteiger partial charge in [0.1, 0.15) is 5.69 Å². The van der Waals surface area contributed by atoms with Gasteiger partial charge < -0.3 is 5.32 Å². The molecule has 0 fully saturated rings. The zero-order valence-corrected chi connectivity index (χ0v) is 7.70. The Kier molecular flexibility index (Phi) is 2.85. The number of nitrogens with zero attached hydrogens (tertiary/aromatic N) is 3. The summed E-state index contributed by atoms with van der Waals surface area (Å²) in [5.41, 5.74) is 0.925. The lowest BCUT2D eigenvalue weighted by Gasteiger charge is -2.06. The second-order valence-electron chi connectivity index (χ2n) is 2.23. The van der Waals surface area contributed by atoms with E-state index in [4.69, 9.17) is 0 Å². The summed E-state index contributed by atoms with van der Waals surface area (Å²) in [5.74, 6) is 1.00. The minimum atomic E-state index is 0.869. The highest BCUT2D eigenvalue weighted by molar-refractivity contribution is 5.62. The number of aryl methyl sites for hydroxylation is 1. The van der Waals surface area contributed by atoms with E-state index in [1.54, 1.807) is 4.68 Å². The van der Waals surface area contributed by atoms with Gasteiger partial charge in [0.25, 0.3) is 0 Å². The number of rotatable bonds is 0. The van der Waals surface area contributed by atoms with Gasteiger partial charge in [0.15, 0.2) is 5.82 Å². The van der Waals surface area contributed by atoms with E-state index in [9.17, 15) is 0 Å². The molecular formula is C8H14N4. The quantitative estimate of drug-likeness (QED) is 0.631. The highest BCUT2D eigenvalue weighted by Gasteiger charge is 2.08. The largest absolute Gasteiger partial charge is 0.365 e. The molecule has 1 aromatic rings. The molecule has 0 atom stereocenters. The predicted octanol–water partition coefficient (Wildman–Crippen LogP) is 1.28. The van der Waals surface area contributed by atoms with Crippen molar-refractivity contribution in [3.05, 3.63) is 11.8 Å². The van der Waals surface area contributed by atoms with Crippen LogP contribution in [0, 0.1) is 0 Å². The molecule has 2 heterocycles. The Balaban J connectivity index is 0.000000336. The summed E-state index contributed by atoms with van der Waals surface area (Å²) >= 11 is 0. The number of nitrogens with one attached hydrogen (secondary N) is 1. The standard InChI is InChI=1S/C6H8N4.C2H6/c1-10-6-5(8-9-10)3-2-4-7-6;1-2/h2-3,7H,4H2,1H3;1-2H3. The molecular weight excluding hydrogens is 152 g/mol. The number of aromatic nitrogens is 3. The molecule has 0 saturated carbocycles. The van der Waals surface area contributed by atoms with Gasteiger partial charge in [-0.2, -0.15) is 0 Å². The Hall–Kier alpha value is -1.32. The first-order valence-electron chi connectivity index (χ1n) is 4.18. The fourth-order valence-corrected chi connectivity index (χ4v) is 1.02. The van der Waals surface area contributed by atoms with Crippen LogP contribution >= 0.6 is 0 Å². The van der Waals surface area contributed by atoms with Crippen molar-refractivity contribution in [3.8, 4) is 0 Å². The van der Waals surface area contributed by atoms with E-state index in [-0.39, 0.29) is 0 Å². The molecule has 2 rings (SSSR count). The maximum absolute atomic E-state index is 3.92. The molecule has 1 aliphatic heterocycles. The van der Waals surface area contributed by atoms with Gasteiger partial charge in [0.05, 0.1) is 0 Å². The maximum Gasteiger partial charge on any atom is 0.152 e. The Morgan fingerprint density at radius 3 is 2.92 bits per heavy atom. The Labute approximate surface area is 72.3 Å². The van der Waals surface area contributed by atoms with Crippen molar-refractivity contribution in [3.63, 3.8) is 0 Å². The van der Waals surface area contributed by atoms with Crippen molar-refractivity contribution in [2.45, 2.75) is 13.8 Å². The van der Waals surface area contributed by atoms with Crippen molar-refractivity contribution in [2.24, 2.45) is 7.05 Å². The van der Waals surface area contributed by atoms with Crippen LogP contribution in [-0.4, -0.2) is 21.5 Å². The summed E-state index contributed by atoms with van der Waals surface area (Å²) in [6, 6.07) is 0. The van der Waals surface area contributed by atoms with E-state index in [1.807, 2.05) is 33.0 Å². The van der Waals surface area contributed by atoms with Crippen molar-refractivity contribution >= 4 is 11.9 Å². The van der Waals surface area contributed by atoms with Gasteiger partial charge in [0, 0.05) is 13.6 Å². The van der Waals surface area contributed by atoms with Crippen LogP contribution in [0.15, 0.2) is 6.08 Å². The SMILES string of the molecule is CC.Cn1nnc2c1NCC=C2. The van der Waals surface area contributed by atoms with Gasteiger partial charge in [-0.1, -0.05) is 25.1 Å². The second-order valence-corrected chi connectivity index (χ2v) is 2.23. The molecule has 0 spiro atoms. The lowest BCUT2D eigenvalue weighted by Crippen LogP contribution is -2.07. The molecule has 0 radical (unpaired) electrons. The molecule has 0 aromatic carbocycles. The van der Waals surface area contributed by atoms with Crippen LogP contribution in [-0.2, 0) is 7.05 Å². The third-order valence-electron chi connectivity index (χ3n) is 1.52. The Morgan fingerprint density at radius 2 is 2.25 bits per heavy atom. The zero-order chi connectivity index (χ0) is 8.97. The summed E-state index contributed by atoms with van der Waals surface area (Å²) in [6.07, 6.45) is 4.00. The summed E-state index contributed by atoms with van der Waals surface area (Å²) in [4.78, 5) is 0. The third kappa shape index (κ3) is 1.47. The first-order valence-corrected chi connectivity index (χ1v) is 4.18. The molecule has 0 amide bonds. The van der Waals surface area contributed by atoms with Gasteiger partial charge >= 0.3 is 0 Å². The highest BCUT2D eigenvalue weighted by Crippen LogP contribution is 2.15. The van der Waals surface area contributed by atoms with Crippen LogP contribution in [0.25, 0.3) is 6.08 Å². The first-order chi connectivity index (χ1) is 5.88. The molecule has 1 aliphatic rings. The van der Waals surface area contributed by atoms with Gasteiger partial charge in [-0.25, -0.2) is 4.68 Å². The molecule has 66 valence electrons. The van der Waals surface area contributed by atoms with E-state index >= 15 is 0 Å². The van der Waals surface area contributed by atoms with Crippen LogP contribution in [0.2, 0.25) is 0 Å². The lowest BCUT2D eigenvalue weighted by atomic mass is 10.3. The summed E-state index contributed by atoms with van der Waals surface area (Å²) < 4.78 is 1.73. The Morgan fingerprint density at radius 1 is 1.50 bits per heavy atom. The minimum Gasteiger partial charge on any atom is -0.365 e. The fourth-order valence-electron chi connectivity index (χ4n) is 1.02. The molecule has 4 nitrogen and oxygen atoms in total. The zero-order valence-electron chi connectivity index (χ0n) is 7.70. The van der Waals surface area contributed by atoms with Crippen LogP contribution in [0.4, 0.5) is 5.82 Å². The van der Waals surface area contributed by atoms with Crippen LogP contribution in [0.5, 0.6) is 0 Å². The number of fused-ring (bicyclic) bond motifs is 1. The number of hydrogen-bond donors (Lipinski definition) is 1. The number of hydrogen-bond acceptors (Lipinski definition) is 3. The summed E-state index contributed by atoms with van der Waals surface area (Å²) in [7, 11) is 1.87. The molecule has 1 aromatic heterocycles. The minimum absolute atomic E-state index is 0.869. The summed E-state index contributed by atoms with van der Waals surface area (Å²) in [5, 5.41) is 10.9. The van der Waals surface area contributed by atoms with Crippen molar-refractivity contribution in [2.75, 3.05) is 11.9 Å². The van der Waals surface area contributed by atoms with Gasteiger partial charge in [-0.3, -0.25) is 0 Å². The van der Waals surface area contributed by atoms with E-state index in [1.165, 1.54) is 0 Å². The topological polar surface area (TPSA) is 42.7 Å². The molecule has 12 heavy (non-hydrogen) atoms.